The van der Waals surface area contributed by atoms with E-state index < -0.39 is 0 Å². The van der Waals surface area contributed by atoms with Crippen LogP contribution in [0, 0.1) is 7.43 Å². The first kappa shape index (κ1) is 15.9. The van der Waals surface area contributed by atoms with E-state index in [1.165, 1.54) is 0 Å². The molecule has 0 saturated heterocycles. The zero-order valence-corrected chi connectivity index (χ0v) is 11.0. The second kappa shape index (κ2) is 10.8. The van der Waals surface area contributed by atoms with Crippen LogP contribution in [-0.4, -0.2) is 8.41 Å². The maximum absolute atomic E-state index is 2.46. The molecule has 3 radical (unpaired) electrons. The van der Waals surface area contributed by atoms with E-state index in [1.807, 2.05) is 0 Å². The van der Waals surface area contributed by atoms with Crippen LogP contribution in [0.4, 0.5) is 0 Å². The summed E-state index contributed by atoms with van der Waals surface area (Å²) in [6.45, 7) is 0. The molecule has 0 fully saturated rings. The van der Waals surface area contributed by atoms with E-state index in [1.54, 1.807) is 0 Å². The fraction of sp³-hybridized carbons (Fsp3) is 0. The van der Waals surface area contributed by atoms with Gasteiger partial charge in [-0.05, 0) is 0 Å². The van der Waals surface area contributed by atoms with Gasteiger partial charge in [0.2, 0.25) is 0 Å². The Labute approximate surface area is 78.9 Å². The summed E-state index contributed by atoms with van der Waals surface area (Å²) in [5.41, 5.74) is 0. The molecule has 0 unspecified atom stereocenters. The summed E-state index contributed by atoms with van der Waals surface area (Å²) in [6.07, 6.45) is 0. The summed E-state index contributed by atoms with van der Waals surface area (Å²) in [4.78, 5) is -0.278. The van der Waals surface area contributed by atoms with Crippen molar-refractivity contribution in [2.45, 2.75) is 0 Å². The van der Waals surface area contributed by atoms with Crippen molar-refractivity contribution in [3.8, 4) is 0 Å². The van der Waals surface area contributed by atoms with E-state index in [2.05, 4.69) is 59.9 Å². The van der Waals surface area contributed by atoms with E-state index in [0.717, 1.165) is 0 Å². The predicted molar refractivity (Wildman–Crippen MR) is 54.2 cm³/mol. The molecule has 0 atom stereocenters. The van der Waals surface area contributed by atoms with E-state index in [4.69, 9.17) is 0 Å². The minimum absolute atomic E-state index is 0. The van der Waals surface area contributed by atoms with E-state index in [-0.39, 0.29) is 20.8 Å². The Hall–Kier alpha value is 2.84. The zero-order valence-electron chi connectivity index (χ0n) is 3.16. The Morgan fingerprint density at radius 1 is 1.00 bits per heavy atom. The van der Waals surface area contributed by atoms with Crippen molar-refractivity contribution in [1.82, 2.24) is 0 Å². The first-order valence-corrected chi connectivity index (χ1v) is 14.0. The van der Waals surface area contributed by atoms with Gasteiger partial charge in [0.05, 0.1) is 0 Å². The van der Waals surface area contributed by atoms with Gasteiger partial charge in [0.15, 0.2) is 0 Å². The summed E-state index contributed by atoms with van der Waals surface area (Å²) in [5, 5.41) is 0. The normalized spacial score (nSPS) is 6.00. The Morgan fingerprint density at radius 3 is 1.00 bits per heavy atom. The topological polar surface area (TPSA) is 0 Å². The van der Waals surface area contributed by atoms with Gasteiger partial charge in [-0.25, -0.2) is 0 Å². The molecule has 0 aromatic rings. The molecule has 0 aromatic heterocycles. The Balaban J connectivity index is -0.0000000450. The summed E-state index contributed by atoms with van der Waals surface area (Å²) >= 11 is 7.39. The van der Waals surface area contributed by atoms with Crippen LogP contribution in [-0.2, 0) is 4.92 Å². The number of hydrogen-bond donors (Lipinski definition) is 0. The average molecular weight is 458 g/mol. The molecule has 0 aliphatic rings. The van der Waals surface area contributed by atoms with Crippen molar-refractivity contribution in [2.75, 3.05) is 0 Å². The van der Waals surface area contributed by atoms with Crippen molar-refractivity contribution in [2.24, 2.45) is 0 Å². The minimum atomic E-state index is -0.278. The van der Waals surface area contributed by atoms with Crippen LogP contribution in [0.1, 0.15) is 0 Å². The molecule has 0 spiro atoms. The molecule has 0 N–H and O–H groups in total. The van der Waals surface area contributed by atoms with Gasteiger partial charge < -0.3 is 7.43 Å². The monoisotopic (exact) mass is 458 g/mol. The third-order valence-corrected chi connectivity index (χ3v) is 0. The van der Waals surface area contributed by atoms with Crippen molar-refractivity contribution >= 4 is 68.3 Å². The number of halogens is 3. The first-order valence-electron chi connectivity index (χ1n) is 0.507. The number of hydrogen-bond acceptors (Lipinski definition) is 0. The molecule has 5 heteroatoms. The second-order valence-corrected chi connectivity index (χ2v) is 35.6. The molecule has 0 amide bonds. The fourth-order valence-corrected chi connectivity index (χ4v) is 0. The molecule has 0 bridgehead atoms. The summed E-state index contributed by atoms with van der Waals surface area (Å²) < 4.78 is 0. The fourth-order valence-electron chi connectivity index (χ4n) is 0. The number of rotatable bonds is 0. The van der Waals surface area contributed by atoms with Crippen LogP contribution < -0.4 is 0 Å². The van der Waals surface area contributed by atoms with Crippen LogP contribution in [0.3, 0.4) is 0 Å². The van der Waals surface area contributed by atoms with Crippen molar-refractivity contribution in [3.05, 3.63) is 7.43 Å². The van der Waals surface area contributed by atoms with Crippen molar-refractivity contribution in [3.63, 3.8) is 0 Å². The quantitative estimate of drug-likeness (QED) is 0.298. The molecule has 0 saturated carbocycles. The van der Waals surface area contributed by atoms with Gasteiger partial charge in [-0.15, -0.1) is 0 Å². The van der Waals surface area contributed by atoms with Crippen LogP contribution in [0.25, 0.3) is 0 Å². The van der Waals surface area contributed by atoms with Gasteiger partial charge in [-0.1, -0.05) is 0 Å². The van der Waals surface area contributed by atoms with Crippen LogP contribution in [0.5, 0.6) is 0 Å². The Morgan fingerprint density at radius 2 is 1.00 bits per heavy atom. The van der Waals surface area contributed by atoms with E-state index >= 15 is 0 Å². The third-order valence-electron chi connectivity index (χ3n) is 0. The molecule has 0 aliphatic carbocycles. The van der Waals surface area contributed by atoms with Gasteiger partial charge in [-0.3, -0.25) is 0 Å². The van der Waals surface area contributed by atoms with Crippen LogP contribution in [0.15, 0.2) is 0 Å². The van der Waals surface area contributed by atoms with Gasteiger partial charge in [-0.2, -0.15) is 0 Å². The van der Waals surface area contributed by atoms with Gasteiger partial charge in [0.25, 0.3) is 0 Å². The van der Waals surface area contributed by atoms with Gasteiger partial charge >= 0.3 is 64.9 Å². The second-order valence-electron chi connectivity index (χ2n) is 0.192. The first-order chi connectivity index (χ1) is 1.73. The predicted octanol–water partition coefficient (Wildman–Crippen LogP) is 2.72. The molecule has 0 aliphatic heterocycles. The molecule has 0 nitrogen and oxygen atoms in total. The van der Waals surface area contributed by atoms with Crippen molar-refractivity contribution in [1.29, 1.82) is 0 Å². The van der Waals surface area contributed by atoms with E-state index in [9.17, 15) is 0 Å². The standard InChI is InChI=1S/CH3.B.3HI.V/h1H3;;3*1H;/q-1;;;;;+3/p-3. The molecule has 6 heavy (non-hydrogen) atoms. The van der Waals surface area contributed by atoms with Crippen LogP contribution >= 0.6 is 59.9 Å². The molecule has 0 aromatic carbocycles. The SMILES string of the molecule is [B].[CH3-].[I][V]([I])[I]. The Bertz CT molecular complexity index is 15.5. The zero-order chi connectivity index (χ0) is 3.58. The summed E-state index contributed by atoms with van der Waals surface area (Å²) in [6, 6.07) is 0. The van der Waals surface area contributed by atoms with Gasteiger partial charge in [0.1, 0.15) is 0 Å². The molecular formula is CH3BI3V-. The van der Waals surface area contributed by atoms with E-state index in [0.29, 0.717) is 0 Å². The van der Waals surface area contributed by atoms with Crippen molar-refractivity contribution < 1.29 is 4.92 Å². The molecule has 37 valence electrons. The summed E-state index contributed by atoms with van der Waals surface area (Å²) in [7, 11) is 0. The summed E-state index contributed by atoms with van der Waals surface area (Å²) in [5.74, 6) is 0. The van der Waals surface area contributed by atoms with Gasteiger partial charge in [0, 0.05) is 8.41 Å². The Kier molecular flexibility index (Phi) is 28.6. The maximum atomic E-state index is 2.46. The van der Waals surface area contributed by atoms with Crippen LogP contribution in [0.2, 0.25) is 0 Å². The molecule has 0 heterocycles. The molecular weight excluding hydrogens is 454 g/mol. The average Bonchev–Trinajstić information content (AvgIpc) is 0.811. The third kappa shape index (κ3) is 28.9. The molecule has 0 rings (SSSR count).